The van der Waals surface area contributed by atoms with Crippen LogP contribution >= 0.6 is 0 Å². The Morgan fingerprint density at radius 1 is 0.920 bits per heavy atom. The summed E-state index contributed by atoms with van der Waals surface area (Å²) in [4.78, 5) is 27.0. The smallest absolute Gasteiger partial charge is 0.313 e. The molecule has 3 saturated carbocycles. The number of carbonyl (C=O) groups excluding carboxylic acids is 1. The zero-order chi connectivity index (χ0) is 35.3. The van der Waals surface area contributed by atoms with Gasteiger partial charge in [0.2, 0.25) is 6.73 Å². The van der Waals surface area contributed by atoms with Crippen molar-refractivity contribution in [2.45, 2.75) is 128 Å². The Morgan fingerprint density at radius 2 is 1.58 bits per heavy atom. The molecule has 3 aromatic heterocycles. The molecule has 0 spiro atoms. The van der Waals surface area contributed by atoms with E-state index in [0.29, 0.717) is 48.9 Å². The molecule has 0 unspecified atom stereocenters. The standard InChI is InChI=1S/C40H54F2N5O3/c1-27-22-34(45-37(23-27)46-36-24-29(38(41)42)20-21-43-36)30-16-19-35(44-25-30)40(2,49)31-17-14-28(15-18-31)39(48)50-26-47(3,32-10-6-4-7-11-32)33-12-8-5-9-13-33/h16,19-25,28,31-33,38,49H,4-15,17-18,26H2,1-3H3,(H,43,45,46)/q+1/t28?,31?,40-/m1/s1. The van der Waals surface area contributed by atoms with E-state index in [1.54, 1.807) is 6.20 Å². The van der Waals surface area contributed by atoms with Crippen molar-refractivity contribution < 1.29 is 27.9 Å². The largest absolute Gasteiger partial charge is 0.415 e. The van der Waals surface area contributed by atoms with Crippen molar-refractivity contribution in [2.24, 2.45) is 11.8 Å². The number of hydrogen-bond donors (Lipinski definition) is 2. The average Bonchev–Trinajstić information content (AvgIpc) is 3.14. The predicted molar refractivity (Wildman–Crippen MR) is 191 cm³/mol. The third-order valence-corrected chi connectivity index (χ3v) is 12.0. The lowest BCUT2D eigenvalue weighted by Crippen LogP contribution is -2.61. The normalized spacial score (nSPS) is 22.2. The molecule has 0 aromatic carbocycles. The van der Waals surface area contributed by atoms with Crippen LogP contribution in [0, 0.1) is 18.8 Å². The van der Waals surface area contributed by atoms with Gasteiger partial charge in [-0.05, 0) is 139 Å². The second kappa shape index (κ2) is 15.8. The van der Waals surface area contributed by atoms with E-state index in [1.807, 2.05) is 38.1 Å². The molecule has 3 aromatic rings. The Hall–Kier alpha value is -3.50. The van der Waals surface area contributed by atoms with Crippen LogP contribution in [-0.2, 0) is 15.1 Å². The second-order valence-electron chi connectivity index (χ2n) is 15.5. The highest BCUT2D eigenvalue weighted by Crippen LogP contribution is 2.42. The zero-order valence-corrected chi connectivity index (χ0v) is 29.9. The Kier molecular flexibility index (Phi) is 11.5. The minimum absolute atomic E-state index is 0.0279. The van der Waals surface area contributed by atoms with E-state index in [2.05, 4.69) is 27.3 Å². The number of hydrogen-bond acceptors (Lipinski definition) is 7. The summed E-state index contributed by atoms with van der Waals surface area (Å²) in [5.74, 6) is 0.540. The number of aromatic nitrogens is 3. The fourth-order valence-corrected chi connectivity index (χ4v) is 8.78. The number of ether oxygens (including phenoxy) is 1. The highest BCUT2D eigenvalue weighted by molar-refractivity contribution is 5.72. The molecule has 0 aliphatic heterocycles. The minimum Gasteiger partial charge on any atom is -0.415 e. The summed E-state index contributed by atoms with van der Waals surface area (Å²) in [6, 6.07) is 11.3. The SMILES string of the molecule is Cc1cc(Nc2cc(C(F)F)ccn2)nc(-c2ccc([C@](C)(O)C3CCC(C(=O)OC[N+](C)(C4CCCCC4)C4CCCCC4)CC3)nc2)c1. The summed E-state index contributed by atoms with van der Waals surface area (Å²) < 4.78 is 33.4. The van der Waals surface area contributed by atoms with E-state index in [1.165, 1.54) is 82.5 Å². The first-order valence-electron chi connectivity index (χ1n) is 18.7. The number of aliphatic hydroxyl groups is 1. The van der Waals surface area contributed by atoms with Gasteiger partial charge in [-0.1, -0.05) is 12.8 Å². The summed E-state index contributed by atoms with van der Waals surface area (Å²) in [7, 11) is 2.35. The molecule has 8 nitrogen and oxygen atoms in total. The van der Waals surface area contributed by atoms with Crippen LogP contribution in [0.15, 0.2) is 48.8 Å². The van der Waals surface area contributed by atoms with Gasteiger partial charge in [0.25, 0.3) is 6.43 Å². The van der Waals surface area contributed by atoms with Gasteiger partial charge in [-0.2, -0.15) is 0 Å². The monoisotopic (exact) mass is 690 g/mol. The van der Waals surface area contributed by atoms with E-state index in [9.17, 15) is 18.7 Å². The van der Waals surface area contributed by atoms with Crippen LogP contribution in [-0.4, -0.2) is 56.4 Å². The molecule has 50 heavy (non-hydrogen) atoms. The number of halogens is 2. The number of rotatable bonds is 11. The number of nitrogens with zero attached hydrogens (tertiary/aromatic N) is 4. The molecule has 3 heterocycles. The topological polar surface area (TPSA) is 97.2 Å². The molecule has 3 aliphatic carbocycles. The van der Waals surface area contributed by atoms with Gasteiger partial charge in [0, 0.05) is 23.5 Å². The van der Waals surface area contributed by atoms with Gasteiger partial charge in [-0.15, -0.1) is 0 Å². The first-order chi connectivity index (χ1) is 24.0. The summed E-state index contributed by atoms with van der Waals surface area (Å²) in [6.07, 6.45) is 16.0. The van der Waals surface area contributed by atoms with Crippen LogP contribution < -0.4 is 5.32 Å². The summed E-state index contributed by atoms with van der Waals surface area (Å²) in [5.41, 5.74) is 1.68. The van der Waals surface area contributed by atoms with Crippen LogP contribution in [0.1, 0.15) is 120 Å². The molecule has 0 saturated heterocycles. The van der Waals surface area contributed by atoms with Crippen LogP contribution in [0.2, 0.25) is 0 Å². The molecule has 1 atom stereocenters. The van der Waals surface area contributed by atoms with E-state index in [4.69, 9.17) is 4.74 Å². The Morgan fingerprint density at radius 3 is 2.18 bits per heavy atom. The molecular weight excluding hydrogens is 636 g/mol. The number of alkyl halides is 2. The van der Waals surface area contributed by atoms with Crippen LogP contribution in [0.4, 0.5) is 20.4 Å². The number of quaternary nitrogens is 1. The van der Waals surface area contributed by atoms with Gasteiger partial charge in [0.15, 0.2) is 0 Å². The van der Waals surface area contributed by atoms with Crippen molar-refractivity contribution in [3.05, 3.63) is 65.6 Å². The fourth-order valence-electron chi connectivity index (χ4n) is 8.78. The molecule has 270 valence electrons. The summed E-state index contributed by atoms with van der Waals surface area (Å²) in [5, 5.41) is 14.8. The molecule has 3 aliphatic rings. The van der Waals surface area contributed by atoms with Crippen molar-refractivity contribution in [3.8, 4) is 11.3 Å². The van der Waals surface area contributed by atoms with E-state index in [-0.39, 0.29) is 29.2 Å². The quantitative estimate of drug-likeness (QED) is 0.118. The average molecular weight is 691 g/mol. The first kappa shape index (κ1) is 36.3. The van der Waals surface area contributed by atoms with Crippen LogP contribution in [0.5, 0.6) is 0 Å². The van der Waals surface area contributed by atoms with Gasteiger partial charge in [0.1, 0.15) is 17.2 Å². The molecule has 0 radical (unpaired) electrons. The molecule has 0 amide bonds. The summed E-state index contributed by atoms with van der Waals surface area (Å²) >= 11 is 0. The zero-order valence-electron chi connectivity index (χ0n) is 29.9. The third kappa shape index (κ3) is 8.34. The van der Waals surface area contributed by atoms with E-state index < -0.39 is 12.0 Å². The van der Waals surface area contributed by atoms with Crippen LogP contribution in [0.3, 0.4) is 0 Å². The van der Waals surface area contributed by atoms with Gasteiger partial charge in [-0.3, -0.25) is 14.3 Å². The molecule has 10 heteroatoms. The number of esters is 1. The highest BCUT2D eigenvalue weighted by atomic mass is 19.3. The predicted octanol–water partition coefficient (Wildman–Crippen LogP) is 9.15. The minimum atomic E-state index is -2.59. The number of anilines is 2. The molecule has 6 rings (SSSR count). The lowest BCUT2D eigenvalue weighted by Gasteiger charge is -2.49. The molecular formula is C40H54F2N5O3+. The van der Waals surface area contributed by atoms with E-state index >= 15 is 0 Å². The van der Waals surface area contributed by atoms with Crippen molar-refractivity contribution in [2.75, 3.05) is 19.1 Å². The maximum absolute atomic E-state index is 13.4. The first-order valence-corrected chi connectivity index (χ1v) is 18.7. The number of aryl methyl sites for hydroxylation is 1. The van der Waals surface area contributed by atoms with Gasteiger partial charge >= 0.3 is 5.97 Å². The molecule has 2 N–H and O–H groups in total. The lowest BCUT2D eigenvalue weighted by atomic mass is 9.73. The van der Waals surface area contributed by atoms with Gasteiger partial charge < -0.3 is 15.2 Å². The van der Waals surface area contributed by atoms with Crippen molar-refractivity contribution >= 4 is 17.6 Å². The second-order valence-corrected chi connectivity index (χ2v) is 15.5. The van der Waals surface area contributed by atoms with E-state index in [0.717, 1.165) is 28.5 Å². The fraction of sp³-hybridized carbons (Fsp3) is 0.600. The lowest BCUT2D eigenvalue weighted by molar-refractivity contribution is -0.973. The Labute approximate surface area is 295 Å². The Bertz CT molecular complexity index is 1560. The number of pyridine rings is 3. The third-order valence-electron chi connectivity index (χ3n) is 12.0. The van der Waals surface area contributed by atoms with Gasteiger partial charge in [0.05, 0.1) is 36.4 Å². The number of carbonyl (C=O) groups is 1. The number of nitrogens with one attached hydrogen (secondary N) is 1. The van der Waals surface area contributed by atoms with Gasteiger partial charge in [-0.25, -0.2) is 18.7 Å². The van der Waals surface area contributed by atoms with Crippen molar-refractivity contribution in [1.29, 1.82) is 0 Å². The molecule has 0 bridgehead atoms. The van der Waals surface area contributed by atoms with Crippen molar-refractivity contribution in [1.82, 2.24) is 15.0 Å². The highest BCUT2D eigenvalue weighted by Gasteiger charge is 2.43. The molecule has 3 fully saturated rings. The Balaban J connectivity index is 1.06. The maximum Gasteiger partial charge on any atom is 0.313 e. The van der Waals surface area contributed by atoms with Crippen LogP contribution in [0.25, 0.3) is 11.3 Å². The maximum atomic E-state index is 13.4. The summed E-state index contributed by atoms with van der Waals surface area (Å²) in [6.45, 7) is 4.24. The van der Waals surface area contributed by atoms with Crippen molar-refractivity contribution in [3.63, 3.8) is 0 Å².